The zero-order chi connectivity index (χ0) is 11.0. The smallest absolute Gasteiger partial charge is 0.414 e. The van der Waals surface area contributed by atoms with E-state index in [1.54, 1.807) is 12.1 Å². The molecule has 2 rings (SSSR count). The minimum Gasteiger partial charge on any atom is -0.447 e. The minimum absolute atomic E-state index is 0.343. The third-order valence-corrected chi connectivity index (χ3v) is 2.65. The van der Waals surface area contributed by atoms with Crippen molar-refractivity contribution in [1.82, 2.24) is 0 Å². The van der Waals surface area contributed by atoms with E-state index in [2.05, 4.69) is 0 Å². The normalized spacial score (nSPS) is 15.6. The number of nitrogen functional groups attached to an aromatic ring is 1. The molecular weight excluding hydrogens is 239 g/mol. The van der Waals surface area contributed by atoms with Gasteiger partial charge in [-0.25, -0.2) is 4.79 Å². The van der Waals surface area contributed by atoms with Crippen molar-refractivity contribution < 1.29 is 9.53 Å². The lowest BCUT2D eigenvalue weighted by Gasteiger charge is -2.16. The van der Waals surface area contributed by atoms with Gasteiger partial charge in [-0.3, -0.25) is 4.90 Å². The molecule has 0 aliphatic carbocycles. The van der Waals surface area contributed by atoms with Gasteiger partial charge in [-0.05, 0) is 12.1 Å². The maximum atomic E-state index is 11.3. The lowest BCUT2D eigenvalue weighted by atomic mass is 10.2. The Morgan fingerprint density at radius 2 is 1.93 bits per heavy atom. The number of nitrogens with zero attached hydrogens (tertiary/aromatic N) is 1. The van der Waals surface area contributed by atoms with Gasteiger partial charge in [0.15, 0.2) is 0 Å². The fourth-order valence-electron chi connectivity index (χ4n) is 1.44. The van der Waals surface area contributed by atoms with Crippen molar-refractivity contribution in [2.75, 3.05) is 23.8 Å². The van der Waals surface area contributed by atoms with Gasteiger partial charge >= 0.3 is 6.09 Å². The maximum absolute atomic E-state index is 11.3. The van der Waals surface area contributed by atoms with Gasteiger partial charge in [0.25, 0.3) is 0 Å². The van der Waals surface area contributed by atoms with E-state index in [1.165, 1.54) is 4.90 Å². The molecule has 1 saturated heterocycles. The number of halogens is 2. The highest BCUT2D eigenvalue weighted by Crippen LogP contribution is 2.37. The molecule has 1 aromatic rings. The summed E-state index contributed by atoms with van der Waals surface area (Å²) in [6, 6.07) is 3.10. The topological polar surface area (TPSA) is 55.6 Å². The SMILES string of the molecule is Nc1cc(Cl)c(N2CCOC2=O)c(Cl)c1. The van der Waals surface area contributed by atoms with Gasteiger partial charge in [0, 0.05) is 5.69 Å². The Morgan fingerprint density at radius 1 is 1.33 bits per heavy atom. The van der Waals surface area contributed by atoms with E-state index in [9.17, 15) is 4.79 Å². The highest BCUT2D eigenvalue weighted by Gasteiger charge is 2.27. The summed E-state index contributed by atoms with van der Waals surface area (Å²) in [4.78, 5) is 12.7. The Hall–Kier alpha value is -1.13. The first-order valence-corrected chi connectivity index (χ1v) is 5.04. The van der Waals surface area contributed by atoms with Crippen molar-refractivity contribution in [3.05, 3.63) is 22.2 Å². The number of cyclic esters (lactones) is 1. The molecule has 2 N–H and O–H groups in total. The Bertz CT molecular complexity index is 400. The average molecular weight is 247 g/mol. The molecule has 15 heavy (non-hydrogen) atoms. The molecule has 0 unspecified atom stereocenters. The minimum atomic E-state index is -0.441. The summed E-state index contributed by atoms with van der Waals surface area (Å²) < 4.78 is 4.80. The molecule has 4 nitrogen and oxygen atoms in total. The summed E-state index contributed by atoms with van der Waals surface area (Å²) in [6.07, 6.45) is -0.441. The second kappa shape index (κ2) is 3.79. The summed E-state index contributed by atoms with van der Waals surface area (Å²) in [5, 5.41) is 0.692. The van der Waals surface area contributed by atoms with Crippen molar-refractivity contribution in [1.29, 1.82) is 0 Å². The van der Waals surface area contributed by atoms with Gasteiger partial charge in [-0.15, -0.1) is 0 Å². The molecule has 1 fully saturated rings. The molecule has 1 heterocycles. The van der Waals surface area contributed by atoms with Crippen LogP contribution in [0.15, 0.2) is 12.1 Å². The number of rotatable bonds is 1. The number of amides is 1. The Morgan fingerprint density at radius 3 is 2.40 bits per heavy atom. The number of nitrogens with two attached hydrogens (primary N) is 1. The van der Waals surface area contributed by atoms with Crippen LogP contribution in [0.4, 0.5) is 16.2 Å². The van der Waals surface area contributed by atoms with Crippen LogP contribution >= 0.6 is 23.2 Å². The van der Waals surface area contributed by atoms with E-state index in [1.807, 2.05) is 0 Å². The van der Waals surface area contributed by atoms with Gasteiger partial charge < -0.3 is 10.5 Å². The van der Waals surface area contributed by atoms with E-state index < -0.39 is 6.09 Å². The van der Waals surface area contributed by atoms with E-state index >= 15 is 0 Å². The number of benzene rings is 1. The molecule has 0 bridgehead atoms. The maximum Gasteiger partial charge on any atom is 0.414 e. The monoisotopic (exact) mass is 246 g/mol. The lowest BCUT2D eigenvalue weighted by Crippen LogP contribution is -2.24. The third-order valence-electron chi connectivity index (χ3n) is 2.07. The summed E-state index contributed by atoms with van der Waals surface area (Å²) >= 11 is 11.9. The van der Waals surface area contributed by atoms with Crippen LogP contribution in [0.25, 0.3) is 0 Å². The first-order valence-electron chi connectivity index (χ1n) is 4.28. The van der Waals surface area contributed by atoms with Gasteiger partial charge in [0.05, 0.1) is 22.3 Å². The molecule has 0 radical (unpaired) electrons. The standard InChI is InChI=1S/C9H8Cl2N2O2/c10-6-3-5(12)4-7(11)8(6)13-1-2-15-9(13)14/h3-4H,1-2,12H2. The fraction of sp³-hybridized carbons (Fsp3) is 0.222. The van der Waals surface area contributed by atoms with Crippen LogP contribution in [-0.2, 0) is 4.74 Å². The predicted molar refractivity (Wildman–Crippen MR) is 59.6 cm³/mol. The van der Waals surface area contributed by atoms with Crippen LogP contribution in [-0.4, -0.2) is 19.2 Å². The fourth-order valence-corrected chi connectivity index (χ4v) is 2.15. The van der Waals surface area contributed by atoms with Crippen LogP contribution in [0, 0.1) is 0 Å². The third kappa shape index (κ3) is 1.82. The van der Waals surface area contributed by atoms with Crippen molar-refractivity contribution >= 4 is 40.7 Å². The Kier molecular flexibility index (Phi) is 2.63. The summed E-state index contributed by atoms with van der Waals surface area (Å²) in [7, 11) is 0. The van der Waals surface area contributed by atoms with Gasteiger partial charge in [0.2, 0.25) is 0 Å². The van der Waals surface area contributed by atoms with Gasteiger partial charge in [0.1, 0.15) is 6.61 Å². The second-order valence-corrected chi connectivity index (χ2v) is 3.91. The second-order valence-electron chi connectivity index (χ2n) is 3.10. The van der Waals surface area contributed by atoms with Crippen molar-refractivity contribution in [3.63, 3.8) is 0 Å². The number of hydrogen-bond acceptors (Lipinski definition) is 3. The van der Waals surface area contributed by atoms with Crippen LogP contribution in [0.5, 0.6) is 0 Å². The molecule has 1 aromatic carbocycles. The summed E-state index contributed by atoms with van der Waals surface area (Å²) in [5.41, 5.74) is 6.47. The molecule has 1 aliphatic rings. The zero-order valence-corrected chi connectivity index (χ0v) is 9.18. The van der Waals surface area contributed by atoms with Crippen molar-refractivity contribution in [2.45, 2.75) is 0 Å². The van der Waals surface area contributed by atoms with E-state index in [4.69, 9.17) is 33.7 Å². The van der Waals surface area contributed by atoms with E-state index in [0.29, 0.717) is 34.6 Å². The first-order chi connectivity index (χ1) is 7.09. The van der Waals surface area contributed by atoms with E-state index in [0.717, 1.165) is 0 Å². The van der Waals surface area contributed by atoms with Crippen molar-refractivity contribution in [2.24, 2.45) is 0 Å². The largest absolute Gasteiger partial charge is 0.447 e. The quantitative estimate of drug-likeness (QED) is 0.775. The Balaban J connectivity index is 2.47. The van der Waals surface area contributed by atoms with Gasteiger partial charge in [-0.1, -0.05) is 23.2 Å². The van der Waals surface area contributed by atoms with Crippen LogP contribution in [0.3, 0.4) is 0 Å². The molecular formula is C9H8Cl2N2O2. The van der Waals surface area contributed by atoms with Crippen LogP contribution in [0.2, 0.25) is 10.0 Å². The van der Waals surface area contributed by atoms with Gasteiger partial charge in [-0.2, -0.15) is 0 Å². The summed E-state index contributed by atoms with van der Waals surface area (Å²) in [6.45, 7) is 0.790. The summed E-state index contributed by atoms with van der Waals surface area (Å²) in [5.74, 6) is 0. The van der Waals surface area contributed by atoms with Crippen molar-refractivity contribution in [3.8, 4) is 0 Å². The average Bonchev–Trinajstić information content (AvgIpc) is 2.50. The number of hydrogen-bond donors (Lipinski definition) is 1. The molecule has 0 spiro atoms. The van der Waals surface area contributed by atoms with E-state index in [-0.39, 0.29) is 0 Å². The first kappa shape index (κ1) is 10.4. The number of carbonyl (C=O) groups excluding carboxylic acids is 1. The van der Waals surface area contributed by atoms with Crippen LogP contribution < -0.4 is 10.6 Å². The number of carbonyl (C=O) groups is 1. The predicted octanol–water partition coefficient (Wildman–Crippen LogP) is 2.53. The molecule has 6 heteroatoms. The lowest BCUT2D eigenvalue weighted by molar-refractivity contribution is 0.181. The highest BCUT2D eigenvalue weighted by molar-refractivity contribution is 6.40. The molecule has 1 aliphatic heterocycles. The number of ether oxygens (including phenoxy) is 1. The molecule has 0 aromatic heterocycles. The van der Waals surface area contributed by atoms with Crippen LogP contribution in [0.1, 0.15) is 0 Å². The molecule has 0 atom stereocenters. The Labute approximate surface area is 96.5 Å². The number of anilines is 2. The zero-order valence-electron chi connectivity index (χ0n) is 7.67. The molecule has 0 saturated carbocycles. The molecule has 1 amide bonds. The molecule has 80 valence electrons. The highest BCUT2D eigenvalue weighted by atomic mass is 35.5.